The second-order valence-corrected chi connectivity index (χ2v) is 6.95. The number of rotatable bonds is 8. The first-order valence-corrected chi connectivity index (χ1v) is 9.48. The Morgan fingerprint density at radius 2 is 1.46 bits per heavy atom. The van der Waals surface area contributed by atoms with Crippen molar-refractivity contribution in [3.63, 3.8) is 0 Å². The van der Waals surface area contributed by atoms with Crippen LogP contribution in [-0.2, 0) is 6.42 Å². The summed E-state index contributed by atoms with van der Waals surface area (Å²) in [4.78, 5) is 17.1. The number of carbonyl (C=O) groups excluding carboxylic acids is 1. The third-order valence-corrected chi connectivity index (χ3v) is 5.07. The van der Waals surface area contributed by atoms with Crippen LogP contribution < -0.4 is 0 Å². The fraction of sp³-hybridized carbons (Fsp3) is 0.409. The zero-order valence-corrected chi connectivity index (χ0v) is 15.2. The van der Waals surface area contributed by atoms with E-state index in [1.54, 1.807) is 12.1 Å². The Morgan fingerprint density at radius 1 is 0.846 bits per heavy atom. The number of hydrogen-bond acceptors (Lipinski definition) is 3. The van der Waals surface area contributed by atoms with Crippen LogP contribution in [0.2, 0.25) is 0 Å². The van der Waals surface area contributed by atoms with Gasteiger partial charge < -0.3 is 9.80 Å². The van der Waals surface area contributed by atoms with Crippen molar-refractivity contribution >= 4 is 5.78 Å². The third kappa shape index (κ3) is 5.75. The van der Waals surface area contributed by atoms with Gasteiger partial charge in [-0.3, -0.25) is 4.79 Å². The lowest BCUT2D eigenvalue weighted by Crippen LogP contribution is -2.47. The van der Waals surface area contributed by atoms with Gasteiger partial charge in [0, 0.05) is 44.7 Å². The number of halogens is 1. The first kappa shape index (κ1) is 18.7. The van der Waals surface area contributed by atoms with Crippen LogP contribution in [0.4, 0.5) is 4.39 Å². The van der Waals surface area contributed by atoms with Crippen molar-refractivity contribution in [1.29, 1.82) is 0 Å². The average molecular weight is 354 g/mol. The zero-order chi connectivity index (χ0) is 18.2. The Labute approximate surface area is 155 Å². The van der Waals surface area contributed by atoms with Crippen LogP contribution in [0.15, 0.2) is 54.6 Å². The predicted molar refractivity (Wildman–Crippen MR) is 103 cm³/mol. The minimum atomic E-state index is -0.299. The molecule has 0 bridgehead atoms. The standard InChI is InChI=1S/C22H27FN2O/c23-21-10-8-20(9-11-21)22(26)7-4-13-24-15-17-25(18-16-24)14-12-19-5-2-1-3-6-19/h1-3,5-6,8-11H,4,7,12-18H2. The number of ketones is 1. The quantitative estimate of drug-likeness (QED) is 0.676. The lowest BCUT2D eigenvalue weighted by Gasteiger charge is -2.34. The van der Waals surface area contributed by atoms with Crippen molar-refractivity contribution in [3.05, 3.63) is 71.5 Å². The van der Waals surface area contributed by atoms with Crippen molar-refractivity contribution in [3.8, 4) is 0 Å². The molecule has 0 unspecified atom stereocenters. The molecule has 2 aromatic carbocycles. The summed E-state index contributed by atoms with van der Waals surface area (Å²) in [6, 6.07) is 16.5. The number of benzene rings is 2. The lowest BCUT2D eigenvalue weighted by atomic mass is 10.1. The van der Waals surface area contributed by atoms with Gasteiger partial charge >= 0.3 is 0 Å². The average Bonchev–Trinajstić information content (AvgIpc) is 2.68. The maximum Gasteiger partial charge on any atom is 0.162 e. The highest BCUT2D eigenvalue weighted by atomic mass is 19.1. The number of Topliss-reactive ketones (excluding diaryl/α,β-unsaturated/α-hetero) is 1. The molecular formula is C22H27FN2O. The first-order valence-electron chi connectivity index (χ1n) is 9.48. The number of hydrogen-bond donors (Lipinski definition) is 0. The van der Waals surface area contributed by atoms with Crippen LogP contribution in [0.5, 0.6) is 0 Å². The molecule has 0 atom stereocenters. The van der Waals surface area contributed by atoms with E-state index in [0.717, 1.165) is 52.1 Å². The van der Waals surface area contributed by atoms with Crippen molar-refractivity contribution in [1.82, 2.24) is 9.80 Å². The van der Waals surface area contributed by atoms with Crippen LogP contribution in [0.3, 0.4) is 0 Å². The Bertz CT molecular complexity index is 679. The van der Waals surface area contributed by atoms with Crippen LogP contribution >= 0.6 is 0 Å². The summed E-state index contributed by atoms with van der Waals surface area (Å²) in [5, 5.41) is 0. The highest BCUT2D eigenvalue weighted by Gasteiger charge is 2.16. The molecule has 3 rings (SSSR count). The Morgan fingerprint density at radius 3 is 2.12 bits per heavy atom. The van der Waals surface area contributed by atoms with E-state index in [1.165, 1.54) is 17.7 Å². The number of piperazine rings is 1. The summed E-state index contributed by atoms with van der Waals surface area (Å²) in [6.07, 6.45) is 2.49. The summed E-state index contributed by atoms with van der Waals surface area (Å²) >= 11 is 0. The molecule has 0 aliphatic carbocycles. The van der Waals surface area contributed by atoms with Crippen LogP contribution in [-0.4, -0.2) is 54.9 Å². The van der Waals surface area contributed by atoms with Crippen molar-refractivity contribution in [2.24, 2.45) is 0 Å². The van der Waals surface area contributed by atoms with Gasteiger partial charge in [0.15, 0.2) is 5.78 Å². The smallest absolute Gasteiger partial charge is 0.162 e. The fourth-order valence-corrected chi connectivity index (χ4v) is 3.41. The van der Waals surface area contributed by atoms with E-state index in [9.17, 15) is 9.18 Å². The molecule has 1 saturated heterocycles. The van der Waals surface area contributed by atoms with Crippen molar-refractivity contribution < 1.29 is 9.18 Å². The minimum absolute atomic E-state index is 0.103. The molecule has 1 aliphatic rings. The number of carbonyl (C=O) groups is 1. The summed E-state index contributed by atoms with van der Waals surface area (Å²) in [5.74, 6) is -0.196. The molecule has 138 valence electrons. The van der Waals surface area contributed by atoms with Gasteiger partial charge in [-0.15, -0.1) is 0 Å². The summed E-state index contributed by atoms with van der Waals surface area (Å²) in [7, 11) is 0. The molecule has 0 spiro atoms. The largest absolute Gasteiger partial charge is 0.301 e. The molecule has 0 amide bonds. The molecule has 0 N–H and O–H groups in total. The topological polar surface area (TPSA) is 23.6 Å². The highest BCUT2D eigenvalue weighted by Crippen LogP contribution is 2.10. The molecule has 26 heavy (non-hydrogen) atoms. The van der Waals surface area contributed by atoms with Gasteiger partial charge in [-0.2, -0.15) is 0 Å². The van der Waals surface area contributed by atoms with Gasteiger partial charge in [0.1, 0.15) is 5.82 Å². The molecule has 0 radical (unpaired) electrons. The molecule has 0 saturated carbocycles. The second kappa shape index (κ2) is 9.60. The maximum absolute atomic E-state index is 12.9. The van der Waals surface area contributed by atoms with Gasteiger partial charge in [-0.1, -0.05) is 30.3 Å². The predicted octanol–water partition coefficient (Wildman–Crippen LogP) is 3.65. The van der Waals surface area contributed by atoms with Crippen LogP contribution in [0, 0.1) is 5.82 Å². The number of nitrogens with zero attached hydrogens (tertiary/aromatic N) is 2. The summed E-state index contributed by atoms with van der Waals surface area (Å²) in [5.41, 5.74) is 2.01. The molecule has 2 aromatic rings. The van der Waals surface area contributed by atoms with Crippen LogP contribution in [0.25, 0.3) is 0 Å². The Hall–Kier alpha value is -2.04. The molecule has 1 aliphatic heterocycles. The summed E-state index contributed by atoms with van der Waals surface area (Å²) in [6.45, 7) is 6.40. The molecule has 4 heteroatoms. The van der Waals surface area contributed by atoms with E-state index in [1.807, 2.05) is 0 Å². The molecule has 1 heterocycles. The maximum atomic E-state index is 12.9. The normalized spacial score (nSPS) is 15.9. The van der Waals surface area contributed by atoms with E-state index >= 15 is 0 Å². The van der Waals surface area contributed by atoms with Gasteiger partial charge in [-0.25, -0.2) is 4.39 Å². The van der Waals surface area contributed by atoms with Gasteiger partial charge in [0.05, 0.1) is 0 Å². The van der Waals surface area contributed by atoms with E-state index in [2.05, 4.69) is 40.1 Å². The monoisotopic (exact) mass is 354 g/mol. The van der Waals surface area contributed by atoms with Crippen molar-refractivity contribution in [2.75, 3.05) is 39.3 Å². The van der Waals surface area contributed by atoms with Crippen LogP contribution in [0.1, 0.15) is 28.8 Å². The first-order chi connectivity index (χ1) is 12.7. The van der Waals surface area contributed by atoms with E-state index in [4.69, 9.17) is 0 Å². The molecule has 1 fully saturated rings. The van der Waals surface area contributed by atoms with Gasteiger partial charge in [-0.05, 0) is 49.2 Å². The van der Waals surface area contributed by atoms with Gasteiger partial charge in [0.2, 0.25) is 0 Å². The van der Waals surface area contributed by atoms with E-state index in [0.29, 0.717) is 12.0 Å². The third-order valence-electron chi connectivity index (χ3n) is 5.07. The second-order valence-electron chi connectivity index (χ2n) is 6.95. The SMILES string of the molecule is O=C(CCCN1CCN(CCc2ccccc2)CC1)c1ccc(F)cc1. The Balaban J connectivity index is 1.31. The van der Waals surface area contributed by atoms with Crippen molar-refractivity contribution in [2.45, 2.75) is 19.3 Å². The summed E-state index contributed by atoms with van der Waals surface area (Å²) < 4.78 is 12.9. The van der Waals surface area contributed by atoms with E-state index in [-0.39, 0.29) is 11.6 Å². The molecule has 0 aromatic heterocycles. The fourth-order valence-electron chi connectivity index (χ4n) is 3.41. The molecule has 3 nitrogen and oxygen atoms in total. The van der Waals surface area contributed by atoms with E-state index < -0.39 is 0 Å². The highest BCUT2D eigenvalue weighted by molar-refractivity contribution is 5.95. The molecular weight excluding hydrogens is 327 g/mol. The zero-order valence-electron chi connectivity index (χ0n) is 15.2. The van der Waals surface area contributed by atoms with Gasteiger partial charge in [0.25, 0.3) is 0 Å². The Kier molecular flexibility index (Phi) is 6.92. The minimum Gasteiger partial charge on any atom is -0.301 e. The lowest BCUT2D eigenvalue weighted by molar-refractivity contribution is 0.0962.